The minimum atomic E-state index is -0.343. The van der Waals surface area contributed by atoms with E-state index in [1.54, 1.807) is 18.2 Å². The van der Waals surface area contributed by atoms with Gasteiger partial charge >= 0.3 is 0 Å². The molecule has 2 aromatic rings. The number of aromatic nitrogens is 1. The minimum Gasteiger partial charge on any atom is -0.305 e. The van der Waals surface area contributed by atoms with E-state index >= 15 is 0 Å². The van der Waals surface area contributed by atoms with Crippen molar-refractivity contribution in [3.05, 3.63) is 65.5 Å². The van der Waals surface area contributed by atoms with Crippen molar-refractivity contribution >= 4 is 0 Å². The van der Waals surface area contributed by atoms with E-state index in [4.69, 9.17) is 0 Å². The Labute approximate surface area is 105 Å². The van der Waals surface area contributed by atoms with Gasteiger partial charge in [0, 0.05) is 12.6 Å². The zero-order valence-electron chi connectivity index (χ0n) is 10.0. The van der Waals surface area contributed by atoms with E-state index < -0.39 is 0 Å². The van der Waals surface area contributed by atoms with E-state index in [1.165, 1.54) is 24.4 Å². The Morgan fingerprint density at radius 1 is 1.06 bits per heavy atom. The number of pyridine rings is 1. The monoisotopic (exact) mass is 248 g/mol. The van der Waals surface area contributed by atoms with Gasteiger partial charge < -0.3 is 5.32 Å². The quantitative estimate of drug-likeness (QED) is 0.898. The van der Waals surface area contributed by atoms with Crippen LogP contribution in [0.2, 0.25) is 0 Å². The van der Waals surface area contributed by atoms with E-state index in [0.29, 0.717) is 6.54 Å². The van der Waals surface area contributed by atoms with E-state index in [0.717, 1.165) is 11.3 Å². The summed E-state index contributed by atoms with van der Waals surface area (Å²) in [5, 5.41) is 3.25. The van der Waals surface area contributed by atoms with Crippen LogP contribution in [-0.4, -0.2) is 4.98 Å². The lowest BCUT2D eigenvalue weighted by molar-refractivity contribution is 0.553. The highest BCUT2D eigenvalue weighted by atomic mass is 19.1. The molecule has 2 rings (SSSR count). The molecular formula is C14H14F2N2. The normalized spacial score (nSPS) is 12.4. The largest absolute Gasteiger partial charge is 0.305 e. The first-order valence-corrected chi connectivity index (χ1v) is 5.74. The molecule has 0 fully saturated rings. The lowest BCUT2D eigenvalue weighted by atomic mass is 10.2. The third kappa shape index (κ3) is 3.34. The SMILES string of the molecule is CC(NCc1ccc(F)cc1)c1ccc(F)cn1. The first kappa shape index (κ1) is 12.6. The van der Waals surface area contributed by atoms with Gasteiger partial charge in [0.25, 0.3) is 0 Å². The van der Waals surface area contributed by atoms with Crippen LogP contribution in [0.4, 0.5) is 8.78 Å². The molecule has 0 saturated carbocycles. The number of nitrogens with one attached hydrogen (secondary N) is 1. The second-order valence-corrected chi connectivity index (χ2v) is 4.13. The number of benzene rings is 1. The Morgan fingerprint density at radius 3 is 2.33 bits per heavy atom. The van der Waals surface area contributed by atoms with Crippen molar-refractivity contribution in [2.24, 2.45) is 0 Å². The summed E-state index contributed by atoms with van der Waals surface area (Å²) in [6.45, 7) is 2.56. The molecule has 94 valence electrons. The van der Waals surface area contributed by atoms with Crippen LogP contribution in [0.15, 0.2) is 42.6 Å². The van der Waals surface area contributed by atoms with Crippen LogP contribution in [-0.2, 0) is 6.54 Å². The molecule has 4 heteroatoms. The van der Waals surface area contributed by atoms with E-state index in [-0.39, 0.29) is 17.7 Å². The Kier molecular flexibility index (Phi) is 3.99. The van der Waals surface area contributed by atoms with Gasteiger partial charge in [-0.2, -0.15) is 0 Å². The highest BCUT2D eigenvalue weighted by Gasteiger charge is 2.06. The van der Waals surface area contributed by atoms with E-state index in [9.17, 15) is 8.78 Å². The third-order valence-corrected chi connectivity index (χ3v) is 2.72. The zero-order valence-corrected chi connectivity index (χ0v) is 10.0. The fraction of sp³-hybridized carbons (Fsp3) is 0.214. The van der Waals surface area contributed by atoms with Gasteiger partial charge in [-0.3, -0.25) is 4.98 Å². The van der Waals surface area contributed by atoms with Crippen molar-refractivity contribution in [1.29, 1.82) is 0 Å². The molecule has 0 aliphatic heterocycles. The highest BCUT2D eigenvalue weighted by Crippen LogP contribution is 2.11. The van der Waals surface area contributed by atoms with Crippen LogP contribution in [0.3, 0.4) is 0 Å². The van der Waals surface area contributed by atoms with Crippen molar-refractivity contribution in [2.45, 2.75) is 19.5 Å². The number of nitrogens with zero attached hydrogens (tertiary/aromatic N) is 1. The summed E-state index contributed by atoms with van der Waals surface area (Å²) in [6, 6.07) is 9.36. The fourth-order valence-corrected chi connectivity index (χ4v) is 1.62. The second-order valence-electron chi connectivity index (χ2n) is 4.13. The Morgan fingerprint density at radius 2 is 1.72 bits per heavy atom. The van der Waals surface area contributed by atoms with Crippen LogP contribution in [0.1, 0.15) is 24.2 Å². The topological polar surface area (TPSA) is 24.9 Å². The molecule has 0 spiro atoms. The molecular weight excluding hydrogens is 234 g/mol. The minimum absolute atomic E-state index is 0.00986. The van der Waals surface area contributed by atoms with Crippen LogP contribution in [0.25, 0.3) is 0 Å². The molecule has 1 atom stereocenters. The van der Waals surface area contributed by atoms with Crippen molar-refractivity contribution in [1.82, 2.24) is 10.3 Å². The first-order chi connectivity index (χ1) is 8.65. The summed E-state index contributed by atoms with van der Waals surface area (Å²) in [4.78, 5) is 4.01. The second kappa shape index (κ2) is 5.69. The third-order valence-electron chi connectivity index (χ3n) is 2.72. The van der Waals surface area contributed by atoms with Crippen molar-refractivity contribution < 1.29 is 8.78 Å². The van der Waals surface area contributed by atoms with Crippen LogP contribution < -0.4 is 5.32 Å². The van der Waals surface area contributed by atoms with E-state index in [2.05, 4.69) is 10.3 Å². The van der Waals surface area contributed by atoms with Gasteiger partial charge in [0.1, 0.15) is 11.6 Å². The average molecular weight is 248 g/mol. The maximum Gasteiger partial charge on any atom is 0.141 e. The molecule has 1 aromatic heterocycles. The molecule has 18 heavy (non-hydrogen) atoms. The number of rotatable bonds is 4. The molecule has 0 aliphatic rings. The summed E-state index contributed by atoms with van der Waals surface area (Å²) in [6.07, 6.45) is 1.20. The van der Waals surface area contributed by atoms with Crippen molar-refractivity contribution in [2.75, 3.05) is 0 Å². The van der Waals surface area contributed by atoms with Gasteiger partial charge in [0.05, 0.1) is 11.9 Å². The number of hydrogen-bond donors (Lipinski definition) is 1. The van der Waals surface area contributed by atoms with Gasteiger partial charge in [-0.15, -0.1) is 0 Å². The summed E-state index contributed by atoms with van der Waals surface area (Å²) < 4.78 is 25.4. The fourth-order valence-electron chi connectivity index (χ4n) is 1.62. The van der Waals surface area contributed by atoms with Crippen molar-refractivity contribution in [3.63, 3.8) is 0 Å². The van der Waals surface area contributed by atoms with Gasteiger partial charge in [0.2, 0.25) is 0 Å². The van der Waals surface area contributed by atoms with Crippen molar-refractivity contribution in [3.8, 4) is 0 Å². The molecule has 0 aliphatic carbocycles. The number of halogens is 2. The maximum atomic E-state index is 12.7. The Hall–Kier alpha value is -1.81. The molecule has 0 radical (unpaired) electrons. The molecule has 1 heterocycles. The Bertz CT molecular complexity index is 494. The summed E-state index contributed by atoms with van der Waals surface area (Å²) >= 11 is 0. The lowest BCUT2D eigenvalue weighted by Crippen LogP contribution is -2.19. The average Bonchev–Trinajstić information content (AvgIpc) is 2.38. The van der Waals surface area contributed by atoms with E-state index in [1.807, 2.05) is 6.92 Å². The molecule has 1 unspecified atom stereocenters. The molecule has 0 bridgehead atoms. The summed E-state index contributed by atoms with van der Waals surface area (Å²) in [5.74, 6) is -0.587. The summed E-state index contributed by atoms with van der Waals surface area (Å²) in [5.41, 5.74) is 1.77. The summed E-state index contributed by atoms with van der Waals surface area (Å²) in [7, 11) is 0. The smallest absolute Gasteiger partial charge is 0.141 e. The first-order valence-electron chi connectivity index (χ1n) is 5.74. The lowest BCUT2D eigenvalue weighted by Gasteiger charge is -2.13. The van der Waals surface area contributed by atoms with Crippen LogP contribution in [0, 0.1) is 11.6 Å². The zero-order chi connectivity index (χ0) is 13.0. The Balaban J connectivity index is 1.93. The van der Waals surface area contributed by atoms with Gasteiger partial charge in [-0.05, 0) is 36.8 Å². The van der Waals surface area contributed by atoms with Gasteiger partial charge in [-0.25, -0.2) is 8.78 Å². The standard InChI is InChI=1S/C14H14F2N2/c1-10(14-7-6-13(16)9-18-14)17-8-11-2-4-12(15)5-3-11/h2-7,9-10,17H,8H2,1H3. The number of hydrogen-bond acceptors (Lipinski definition) is 2. The predicted molar refractivity (Wildman–Crippen MR) is 65.8 cm³/mol. The maximum absolute atomic E-state index is 12.7. The highest BCUT2D eigenvalue weighted by molar-refractivity contribution is 5.16. The molecule has 0 saturated heterocycles. The van der Waals surface area contributed by atoms with Gasteiger partial charge in [0.15, 0.2) is 0 Å². The van der Waals surface area contributed by atoms with Gasteiger partial charge in [-0.1, -0.05) is 12.1 Å². The van der Waals surface area contributed by atoms with Crippen LogP contribution in [0.5, 0.6) is 0 Å². The molecule has 2 nitrogen and oxygen atoms in total. The predicted octanol–water partition coefficient (Wildman–Crippen LogP) is 3.21. The molecule has 0 amide bonds. The molecule has 1 aromatic carbocycles. The van der Waals surface area contributed by atoms with Crippen LogP contribution >= 0.6 is 0 Å². The molecule has 1 N–H and O–H groups in total.